The zero-order chi connectivity index (χ0) is 20.8. The van der Waals surface area contributed by atoms with Gasteiger partial charge in [-0.1, -0.05) is 18.2 Å². The summed E-state index contributed by atoms with van der Waals surface area (Å²) in [6.45, 7) is 0. The fraction of sp³-hybridized carbons (Fsp3) is 0. The highest BCUT2D eigenvalue weighted by atomic mass is 32.1. The molecular weight excluding hydrogens is 395 g/mol. The third-order valence-electron chi connectivity index (χ3n) is 3.83. The normalized spacial score (nSPS) is 10.1. The predicted molar refractivity (Wildman–Crippen MR) is 114 cm³/mol. The van der Waals surface area contributed by atoms with E-state index in [0.717, 1.165) is 0 Å². The van der Waals surface area contributed by atoms with Crippen LogP contribution in [0.25, 0.3) is 0 Å². The summed E-state index contributed by atoms with van der Waals surface area (Å²) in [6.07, 6.45) is 0. The first kappa shape index (κ1) is 19.9. The number of nitrogens with zero attached hydrogens (tertiary/aromatic N) is 1. The van der Waals surface area contributed by atoms with Gasteiger partial charge in [-0.2, -0.15) is 0 Å². The molecule has 3 rings (SSSR count). The van der Waals surface area contributed by atoms with Crippen molar-refractivity contribution in [2.75, 3.05) is 16.0 Å². The molecule has 29 heavy (non-hydrogen) atoms. The van der Waals surface area contributed by atoms with Crippen LogP contribution < -0.4 is 16.0 Å². The summed E-state index contributed by atoms with van der Waals surface area (Å²) in [4.78, 5) is 22.5. The Balaban J connectivity index is 1.59. The average molecular weight is 410 g/mol. The van der Waals surface area contributed by atoms with Gasteiger partial charge in [0.15, 0.2) is 5.11 Å². The van der Waals surface area contributed by atoms with Crippen LogP contribution in [0.1, 0.15) is 10.4 Å². The number of anilines is 3. The van der Waals surface area contributed by atoms with E-state index >= 15 is 0 Å². The molecule has 0 saturated heterocycles. The molecule has 0 radical (unpaired) electrons. The van der Waals surface area contributed by atoms with Crippen molar-refractivity contribution in [3.05, 3.63) is 94.3 Å². The SMILES string of the molecule is O=C(Nc1ccc(NC(=S)Nc2cccc([N+](=O)[O-])c2)cc1)c1ccccc1F. The Morgan fingerprint density at radius 2 is 1.48 bits per heavy atom. The number of halogens is 1. The minimum absolute atomic E-state index is 0.0444. The lowest BCUT2D eigenvalue weighted by molar-refractivity contribution is -0.384. The summed E-state index contributed by atoms with van der Waals surface area (Å²) in [5.74, 6) is -1.15. The third-order valence-corrected chi connectivity index (χ3v) is 4.04. The monoisotopic (exact) mass is 410 g/mol. The smallest absolute Gasteiger partial charge is 0.271 e. The minimum atomic E-state index is -0.596. The van der Waals surface area contributed by atoms with Gasteiger partial charge in [0, 0.05) is 29.2 Å². The van der Waals surface area contributed by atoms with Crippen LogP contribution in [-0.4, -0.2) is 15.9 Å². The molecule has 0 aliphatic heterocycles. The molecule has 0 heterocycles. The van der Waals surface area contributed by atoms with Crippen molar-refractivity contribution in [2.24, 2.45) is 0 Å². The summed E-state index contributed by atoms with van der Waals surface area (Å²) in [6, 6.07) is 18.3. The number of rotatable bonds is 5. The number of nitro benzene ring substituents is 1. The molecule has 1 amide bonds. The van der Waals surface area contributed by atoms with Gasteiger partial charge in [0.1, 0.15) is 5.82 Å². The third kappa shape index (κ3) is 5.33. The van der Waals surface area contributed by atoms with Gasteiger partial charge in [0.25, 0.3) is 11.6 Å². The van der Waals surface area contributed by atoms with Crippen molar-refractivity contribution >= 4 is 46.0 Å². The van der Waals surface area contributed by atoms with E-state index in [-0.39, 0.29) is 16.4 Å². The lowest BCUT2D eigenvalue weighted by atomic mass is 10.2. The lowest BCUT2D eigenvalue weighted by Crippen LogP contribution is -2.19. The number of thiocarbonyl (C=S) groups is 1. The van der Waals surface area contributed by atoms with Gasteiger partial charge < -0.3 is 16.0 Å². The fourth-order valence-electron chi connectivity index (χ4n) is 2.47. The maximum Gasteiger partial charge on any atom is 0.271 e. The Labute approximate surface area is 170 Å². The van der Waals surface area contributed by atoms with E-state index in [4.69, 9.17) is 12.2 Å². The number of hydrogen-bond acceptors (Lipinski definition) is 4. The van der Waals surface area contributed by atoms with Crippen LogP contribution in [-0.2, 0) is 0 Å². The highest BCUT2D eigenvalue weighted by Crippen LogP contribution is 2.19. The molecule has 0 spiro atoms. The van der Waals surface area contributed by atoms with Crippen molar-refractivity contribution in [1.82, 2.24) is 0 Å². The number of carbonyl (C=O) groups excluding carboxylic acids is 1. The van der Waals surface area contributed by atoms with Gasteiger partial charge in [-0.15, -0.1) is 0 Å². The van der Waals surface area contributed by atoms with Crippen LogP contribution in [0.3, 0.4) is 0 Å². The lowest BCUT2D eigenvalue weighted by Gasteiger charge is -2.11. The number of nitrogens with one attached hydrogen (secondary N) is 3. The van der Waals surface area contributed by atoms with Crippen molar-refractivity contribution in [3.8, 4) is 0 Å². The van der Waals surface area contributed by atoms with Crippen LogP contribution in [0, 0.1) is 15.9 Å². The maximum absolute atomic E-state index is 13.7. The highest BCUT2D eigenvalue weighted by Gasteiger charge is 2.11. The Kier molecular flexibility index (Phi) is 6.10. The van der Waals surface area contributed by atoms with Crippen molar-refractivity contribution in [3.63, 3.8) is 0 Å². The minimum Gasteiger partial charge on any atom is -0.332 e. The van der Waals surface area contributed by atoms with Crippen LogP contribution in [0.15, 0.2) is 72.8 Å². The zero-order valence-electron chi connectivity index (χ0n) is 14.9. The van der Waals surface area contributed by atoms with Gasteiger partial charge in [0.05, 0.1) is 10.5 Å². The van der Waals surface area contributed by atoms with E-state index in [9.17, 15) is 19.3 Å². The number of benzene rings is 3. The van der Waals surface area contributed by atoms with E-state index in [1.807, 2.05) is 0 Å². The Bertz CT molecular complexity index is 1070. The largest absolute Gasteiger partial charge is 0.332 e. The van der Waals surface area contributed by atoms with E-state index in [2.05, 4.69) is 16.0 Å². The van der Waals surface area contributed by atoms with Crippen LogP contribution >= 0.6 is 12.2 Å². The van der Waals surface area contributed by atoms with Crippen molar-refractivity contribution in [2.45, 2.75) is 0 Å². The van der Waals surface area contributed by atoms with Gasteiger partial charge in [-0.3, -0.25) is 14.9 Å². The molecule has 146 valence electrons. The molecule has 0 unspecified atom stereocenters. The topological polar surface area (TPSA) is 96.3 Å². The second-order valence-corrected chi connectivity index (χ2v) is 6.31. The number of amides is 1. The second kappa shape index (κ2) is 8.89. The molecule has 0 fully saturated rings. The van der Waals surface area contributed by atoms with Crippen molar-refractivity contribution < 1.29 is 14.1 Å². The molecule has 3 aromatic rings. The molecule has 9 heteroatoms. The summed E-state index contributed by atoms with van der Waals surface area (Å²) in [5, 5.41) is 19.5. The maximum atomic E-state index is 13.7. The summed E-state index contributed by atoms with van der Waals surface area (Å²) in [5.41, 5.74) is 1.51. The van der Waals surface area contributed by atoms with Crippen LogP contribution in [0.2, 0.25) is 0 Å². The molecule has 0 bridgehead atoms. The van der Waals surface area contributed by atoms with E-state index in [1.165, 1.54) is 30.3 Å². The molecule has 3 aromatic carbocycles. The van der Waals surface area contributed by atoms with Crippen LogP contribution in [0.5, 0.6) is 0 Å². The molecule has 0 atom stereocenters. The highest BCUT2D eigenvalue weighted by molar-refractivity contribution is 7.80. The molecular formula is C20H15FN4O3S. The number of nitro groups is 1. The Morgan fingerprint density at radius 3 is 2.14 bits per heavy atom. The first-order valence-electron chi connectivity index (χ1n) is 8.41. The quantitative estimate of drug-likeness (QED) is 0.318. The van der Waals surface area contributed by atoms with Gasteiger partial charge >= 0.3 is 0 Å². The zero-order valence-corrected chi connectivity index (χ0v) is 15.7. The first-order valence-corrected chi connectivity index (χ1v) is 8.81. The number of carbonyl (C=O) groups is 1. The molecule has 0 aromatic heterocycles. The molecule has 0 saturated carbocycles. The van der Waals surface area contributed by atoms with Gasteiger partial charge in [0.2, 0.25) is 0 Å². The first-order chi connectivity index (χ1) is 13.9. The van der Waals surface area contributed by atoms with Gasteiger partial charge in [-0.25, -0.2) is 4.39 Å². The summed E-state index contributed by atoms with van der Waals surface area (Å²) >= 11 is 5.20. The molecule has 3 N–H and O–H groups in total. The van der Waals surface area contributed by atoms with E-state index < -0.39 is 16.6 Å². The Hall–Kier alpha value is -3.85. The summed E-state index contributed by atoms with van der Waals surface area (Å²) < 4.78 is 13.7. The fourth-order valence-corrected chi connectivity index (χ4v) is 2.71. The van der Waals surface area contributed by atoms with Crippen molar-refractivity contribution in [1.29, 1.82) is 0 Å². The van der Waals surface area contributed by atoms with E-state index in [0.29, 0.717) is 17.1 Å². The molecule has 0 aliphatic carbocycles. The summed E-state index contributed by atoms with van der Waals surface area (Å²) in [7, 11) is 0. The van der Waals surface area contributed by atoms with Crippen LogP contribution in [0.4, 0.5) is 27.1 Å². The van der Waals surface area contributed by atoms with Gasteiger partial charge in [-0.05, 0) is 54.7 Å². The van der Waals surface area contributed by atoms with E-state index in [1.54, 1.807) is 42.5 Å². The molecule has 7 nitrogen and oxygen atoms in total. The number of hydrogen-bond donors (Lipinski definition) is 3. The Morgan fingerprint density at radius 1 is 0.862 bits per heavy atom. The number of non-ortho nitro benzene ring substituents is 1. The predicted octanol–water partition coefficient (Wildman–Crippen LogP) is 4.80. The molecule has 0 aliphatic rings. The second-order valence-electron chi connectivity index (χ2n) is 5.90. The standard InChI is InChI=1S/C20H15FN4O3S/c21-18-7-2-1-6-17(18)19(26)22-13-8-10-14(11-9-13)23-20(29)24-15-4-3-5-16(12-15)25(27)28/h1-12H,(H,22,26)(H2,23,24,29). The average Bonchev–Trinajstić information content (AvgIpc) is 2.70.